The van der Waals surface area contributed by atoms with Crippen LogP contribution in [-0.4, -0.2) is 29.7 Å². The minimum absolute atomic E-state index is 0.00134. The fourth-order valence-electron chi connectivity index (χ4n) is 1.59. The molecule has 0 aliphatic heterocycles. The third-order valence-corrected chi connectivity index (χ3v) is 4.79. The molecule has 2 rings (SSSR count). The van der Waals surface area contributed by atoms with E-state index < -0.39 is 10.0 Å². The van der Waals surface area contributed by atoms with Gasteiger partial charge in [-0.05, 0) is 29.3 Å². The summed E-state index contributed by atoms with van der Waals surface area (Å²) in [5.74, 6) is 0. The van der Waals surface area contributed by atoms with Crippen molar-refractivity contribution in [2.24, 2.45) is 0 Å². The maximum Gasteiger partial charge on any atom is 0.246 e. The maximum atomic E-state index is 12.3. The molecule has 0 spiro atoms. The molecule has 0 radical (unpaired) electrons. The Morgan fingerprint density at radius 2 is 1.85 bits per heavy atom. The number of rotatable bonds is 4. The Morgan fingerprint density at radius 1 is 1.20 bits per heavy atom. The van der Waals surface area contributed by atoms with Crippen molar-refractivity contribution in [2.45, 2.75) is 11.4 Å². The summed E-state index contributed by atoms with van der Waals surface area (Å²) in [7, 11) is -2.18. The second kappa shape index (κ2) is 6.05. The normalized spacial score (nSPS) is 11.8. The number of aromatic nitrogens is 2. The fourth-order valence-corrected chi connectivity index (χ4v) is 2.95. The summed E-state index contributed by atoms with van der Waals surface area (Å²) in [6, 6.07) is 7.01. The van der Waals surface area contributed by atoms with Crippen molar-refractivity contribution in [1.29, 1.82) is 0 Å². The largest absolute Gasteiger partial charge is 0.246 e. The van der Waals surface area contributed by atoms with Gasteiger partial charge in [0.2, 0.25) is 15.3 Å². The molecule has 0 fully saturated rings. The number of nitrogens with zero attached hydrogens (tertiary/aromatic N) is 3. The van der Waals surface area contributed by atoms with Crippen LogP contribution >= 0.6 is 23.2 Å². The summed E-state index contributed by atoms with van der Waals surface area (Å²) in [6.07, 6.45) is 2.36. The highest BCUT2D eigenvalue weighted by atomic mass is 35.5. The predicted molar refractivity (Wildman–Crippen MR) is 77.1 cm³/mol. The highest BCUT2D eigenvalue weighted by molar-refractivity contribution is 7.89. The Hall–Kier alpha value is -1.21. The molecule has 1 aromatic carbocycles. The van der Waals surface area contributed by atoms with Crippen molar-refractivity contribution in [1.82, 2.24) is 14.3 Å². The molecule has 0 unspecified atom stereocenters. The number of hydrogen-bond acceptors (Lipinski definition) is 4. The molecule has 2 aromatic rings. The van der Waals surface area contributed by atoms with E-state index in [0.717, 1.165) is 5.56 Å². The van der Waals surface area contributed by atoms with Crippen LogP contribution in [0.2, 0.25) is 10.3 Å². The Bertz CT molecular complexity index is 705. The molecule has 0 N–H and O–H groups in total. The van der Waals surface area contributed by atoms with Gasteiger partial charge in [-0.15, -0.1) is 0 Å². The van der Waals surface area contributed by atoms with Crippen molar-refractivity contribution in [2.75, 3.05) is 7.05 Å². The Balaban J connectivity index is 2.23. The minimum Gasteiger partial charge on any atom is -0.225 e. The zero-order valence-electron chi connectivity index (χ0n) is 10.5. The van der Waals surface area contributed by atoms with Gasteiger partial charge >= 0.3 is 0 Å². The molecule has 0 aliphatic rings. The first-order chi connectivity index (χ1) is 9.39. The van der Waals surface area contributed by atoms with Crippen LogP contribution < -0.4 is 0 Å². The molecular weight excluding hydrogens is 321 g/mol. The summed E-state index contributed by atoms with van der Waals surface area (Å²) in [6.45, 7) is 0.200. The van der Waals surface area contributed by atoms with Crippen LogP contribution in [0.4, 0.5) is 0 Å². The van der Waals surface area contributed by atoms with Gasteiger partial charge in [0.1, 0.15) is 4.90 Å². The van der Waals surface area contributed by atoms with E-state index in [-0.39, 0.29) is 16.7 Å². The van der Waals surface area contributed by atoms with Gasteiger partial charge in [0.15, 0.2) is 0 Å². The summed E-state index contributed by atoms with van der Waals surface area (Å²) in [4.78, 5) is 7.34. The van der Waals surface area contributed by atoms with Crippen LogP contribution in [0.15, 0.2) is 41.6 Å². The van der Waals surface area contributed by atoms with Crippen molar-refractivity contribution in [3.63, 3.8) is 0 Å². The number of hydrogen-bond donors (Lipinski definition) is 0. The monoisotopic (exact) mass is 331 g/mol. The summed E-state index contributed by atoms with van der Waals surface area (Å²) < 4.78 is 25.8. The highest BCUT2D eigenvalue weighted by Crippen LogP contribution is 2.17. The second-order valence-electron chi connectivity index (χ2n) is 4.08. The third-order valence-electron chi connectivity index (χ3n) is 2.60. The molecule has 0 amide bonds. The van der Waals surface area contributed by atoms with Gasteiger partial charge in [-0.25, -0.2) is 18.4 Å². The van der Waals surface area contributed by atoms with Crippen LogP contribution in [-0.2, 0) is 16.6 Å². The lowest BCUT2D eigenvalue weighted by Gasteiger charge is -2.17. The van der Waals surface area contributed by atoms with Crippen molar-refractivity contribution < 1.29 is 8.42 Å². The Labute approximate surface area is 127 Å². The van der Waals surface area contributed by atoms with Gasteiger partial charge < -0.3 is 0 Å². The molecule has 106 valence electrons. The standard InChI is InChI=1S/C12H11Cl2N3O2S/c1-17(8-9-3-2-4-10(13)5-9)20(18,19)11-6-15-12(14)16-7-11/h2-7H,8H2,1H3. The van der Waals surface area contributed by atoms with Gasteiger partial charge in [-0.1, -0.05) is 23.7 Å². The molecule has 0 aliphatic carbocycles. The van der Waals surface area contributed by atoms with E-state index in [9.17, 15) is 8.42 Å². The average Bonchev–Trinajstić information content (AvgIpc) is 2.39. The number of sulfonamides is 1. The Kier molecular flexibility index (Phi) is 4.59. The summed E-state index contributed by atoms with van der Waals surface area (Å²) in [5.41, 5.74) is 0.790. The van der Waals surface area contributed by atoms with Gasteiger partial charge in [-0.3, -0.25) is 0 Å². The molecule has 0 bridgehead atoms. The molecule has 20 heavy (non-hydrogen) atoms. The summed E-state index contributed by atoms with van der Waals surface area (Å²) >= 11 is 11.4. The molecule has 1 heterocycles. The van der Waals surface area contributed by atoms with Crippen LogP contribution in [0.5, 0.6) is 0 Å². The van der Waals surface area contributed by atoms with Crippen molar-refractivity contribution in [3.05, 3.63) is 52.5 Å². The lowest BCUT2D eigenvalue weighted by Crippen LogP contribution is -2.26. The predicted octanol–water partition coefficient (Wildman–Crippen LogP) is 2.60. The fraction of sp³-hybridized carbons (Fsp3) is 0.167. The zero-order chi connectivity index (χ0) is 14.8. The van der Waals surface area contributed by atoms with Gasteiger partial charge in [0.25, 0.3) is 0 Å². The Morgan fingerprint density at radius 3 is 2.45 bits per heavy atom. The first-order valence-electron chi connectivity index (χ1n) is 5.58. The van der Waals surface area contributed by atoms with E-state index in [1.807, 2.05) is 0 Å². The SMILES string of the molecule is CN(Cc1cccc(Cl)c1)S(=O)(=O)c1cnc(Cl)nc1. The first kappa shape index (κ1) is 15.2. The number of halogens is 2. The topological polar surface area (TPSA) is 63.2 Å². The van der Waals surface area contributed by atoms with Crippen LogP contribution in [0, 0.1) is 0 Å². The first-order valence-corrected chi connectivity index (χ1v) is 7.77. The van der Waals surface area contributed by atoms with Gasteiger partial charge in [0, 0.05) is 18.6 Å². The molecule has 0 saturated heterocycles. The van der Waals surface area contributed by atoms with E-state index in [1.54, 1.807) is 24.3 Å². The molecule has 0 saturated carbocycles. The van der Waals surface area contributed by atoms with Crippen molar-refractivity contribution >= 4 is 33.2 Å². The maximum absolute atomic E-state index is 12.3. The molecular formula is C12H11Cl2N3O2S. The van der Waals surface area contributed by atoms with Gasteiger partial charge in [0.05, 0.1) is 12.4 Å². The van der Waals surface area contributed by atoms with Gasteiger partial charge in [-0.2, -0.15) is 4.31 Å². The quantitative estimate of drug-likeness (QED) is 0.808. The third kappa shape index (κ3) is 3.46. The number of benzene rings is 1. The van der Waals surface area contributed by atoms with E-state index in [0.29, 0.717) is 5.02 Å². The highest BCUT2D eigenvalue weighted by Gasteiger charge is 2.21. The van der Waals surface area contributed by atoms with E-state index in [1.165, 1.54) is 23.7 Å². The van der Waals surface area contributed by atoms with E-state index in [2.05, 4.69) is 9.97 Å². The zero-order valence-corrected chi connectivity index (χ0v) is 12.8. The summed E-state index contributed by atoms with van der Waals surface area (Å²) in [5, 5.41) is 0.560. The molecule has 1 aromatic heterocycles. The average molecular weight is 332 g/mol. The van der Waals surface area contributed by atoms with E-state index >= 15 is 0 Å². The van der Waals surface area contributed by atoms with Crippen LogP contribution in [0.3, 0.4) is 0 Å². The molecule has 5 nitrogen and oxygen atoms in total. The lowest BCUT2D eigenvalue weighted by atomic mass is 10.2. The minimum atomic E-state index is -3.66. The smallest absolute Gasteiger partial charge is 0.225 e. The van der Waals surface area contributed by atoms with Crippen molar-refractivity contribution in [3.8, 4) is 0 Å². The van der Waals surface area contributed by atoms with Crippen LogP contribution in [0.1, 0.15) is 5.56 Å². The second-order valence-corrected chi connectivity index (χ2v) is 6.90. The molecule has 8 heteroatoms. The molecule has 0 atom stereocenters. The van der Waals surface area contributed by atoms with E-state index in [4.69, 9.17) is 23.2 Å². The lowest BCUT2D eigenvalue weighted by molar-refractivity contribution is 0.466. The van der Waals surface area contributed by atoms with Crippen LogP contribution in [0.25, 0.3) is 0 Å².